The van der Waals surface area contributed by atoms with Gasteiger partial charge in [-0.15, -0.1) is 0 Å². The number of hydrogen-bond donors (Lipinski definition) is 1. The van der Waals surface area contributed by atoms with Gasteiger partial charge in [0.15, 0.2) is 0 Å². The second-order valence-corrected chi connectivity index (χ2v) is 5.27. The highest BCUT2D eigenvalue weighted by Crippen LogP contribution is 2.25. The van der Waals surface area contributed by atoms with Crippen LogP contribution in [0.5, 0.6) is 5.75 Å². The molecule has 1 fully saturated rings. The van der Waals surface area contributed by atoms with Gasteiger partial charge in [0.1, 0.15) is 24.0 Å². The van der Waals surface area contributed by atoms with Crippen molar-refractivity contribution in [2.24, 2.45) is 0 Å². The molecule has 1 atom stereocenters. The topological polar surface area (TPSA) is 62.3 Å². The molecule has 0 aromatic heterocycles. The molecule has 0 bridgehead atoms. The van der Waals surface area contributed by atoms with E-state index in [1.54, 1.807) is 6.07 Å². The minimum Gasteiger partial charge on any atom is -0.490 e. The van der Waals surface area contributed by atoms with E-state index in [0.29, 0.717) is 35.7 Å². The Hall–Kier alpha value is -1.73. The van der Waals surface area contributed by atoms with E-state index >= 15 is 0 Å². The minimum atomic E-state index is 0.438. The van der Waals surface area contributed by atoms with E-state index < -0.39 is 0 Å². The van der Waals surface area contributed by atoms with Crippen molar-refractivity contribution >= 4 is 5.69 Å². The predicted octanol–water partition coefficient (Wildman–Crippen LogP) is 2.39. The Morgan fingerprint density at radius 3 is 3.00 bits per heavy atom. The first-order chi connectivity index (χ1) is 9.13. The first kappa shape index (κ1) is 13.7. The molecule has 4 nitrogen and oxygen atoms in total. The second-order valence-electron chi connectivity index (χ2n) is 5.27. The van der Waals surface area contributed by atoms with Gasteiger partial charge in [-0.2, -0.15) is 5.26 Å². The number of nitrogens with two attached hydrogens (primary N) is 1. The minimum absolute atomic E-state index is 0.438. The van der Waals surface area contributed by atoms with Crippen LogP contribution in [0.3, 0.4) is 0 Å². The van der Waals surface area contributed by atoms with Crippen molar-refractivity contribution in [2.45, 2.75) is 38.8 Å². The quantitative estimate of drug-likeness (QED) is 0.843. The molecular formula is C15H21N3O. The lowest BCUT2D eigenvalue weighted by Gasteiger charge is -2.28. The van der Waals surface area contributed by atoms with Gasteiger partial charge in [0.25, 0.3) is 0 Å². The largest absolute Gasteiger partial charge is 0.490 e. The van der Waals surface area contributed by atoms with Crippen LogP contribution in [0.4, 0.5) is 5.69 Å². The van der Waals surface area contributed by atoms with Crippen LogP contribution in [-0.4, -0.2) is 30.1 Å². The maximum Gasteiger partial charge on any atom is 0.139 e. The smallest absolute Gasteiger partial charge is 0.139 e. The molecule has 102 valence electrons. The number of nitrogens with zero attached hydrogens (tertiary/aromatic N) is 2. The van der Waals surface area contributed by atoms with E-state index in [1.807, 2.05) is 12.1 Å². The van der Waals surface area contributed by atoms with Crippen molar-refractivity contribution in [3.8, 4) is 11.8 Å². The van der Waals surface area contributed by atoms with Gasteiger partial charge < -0.3 is 10.5 Å². The Bertz CT molecular complexity index is 479. The summed E-state index contributed by atoms with van der Waals surface area (Å²) in [6.45, 7) is 6.17. The highest BCUT2D eigenvalue weighted by molar-refractivity contribution is 5.60. The maximum absolute atomic E-state index is 9.11. The Morgan fingerprint density at radius 2 is 2.32 bits per heavy atom. The third-order valence-corrected chi connectivity index (χ3v) is 3.69. The van der Waals surface area contributed by atoms with Crippen LogP contribution >= 0.6 is 0 Å². The molecule has 1 unspecified atom stereocenters. The first-order valence-electron chi connectivity index (χ1n) is 6.80. The molecule has 1 heterocycles. The monoisotopic (exact) mass is 259 g/mol. The normalized spacial score (nSPS) is 19.6. The van der Waals surface area contributed by atoms with Gasteiger partial charge in [0, 0.05) is 12.1 Å². The van der Waals surface area contributed by atoms with E-state index in [2.05, 4.69) is 24.8 Å². The summed E-state index contributed by atoms with van der Waals surface area (Å²) in [6, 6.07) is 8.43. The fraction of sp³-hybridized carbons (Fsp3) is 0.533. The fourth-order valence-corrected chi connectivity index (χ4v) is 2.69. The molecule has 2 N–H and O–H groups in total. The molecule has 2 rings (SSSR count). The van der Waals surface area contributed by atoms with Crippen molar-refractivity contribution in [2.75, 3.05) is 18.9 Å². The Labute approximate surface area is 114 Å². The average molecular weight is 259 g/mol. The standard InChI is InChI=1S/C15H21N3O/c1-11(2)18-8-4-5-12(18)10-19-15-7-3-6-14(17)13(15)9-16/h3,6-7,11-12H,4-5,8,10,17H2,1-2H3. The highest BCUT2D eigenvalue weighted by Gasteiger charge is 2.27. The Balaban J connectivity index is 2.03. The van der Waals surface area contributed by atoms with Crippen LogP contribution in [0.1, 0.15) is 32.3 Å². The summed E-state index contributed by atoms with van der Waals surface area (Å²) in [6.07, 6.45) is 2.37. The van der Waals surface area contributed by atoms with Crippen molar-refractivity contribution in [1.82, 2.24) is 4.90 Å². The molecule has 1 aromatic carbocycles. The van der Waals surface area contributed by atoms with Gasteiger partial charge in [-0.3, -0.25) is 4.90 Å². The lowest BCUT2D eigenvalue weighted by molar-refractivity contribution is 0.144. The SMILES string of the molecule is CC(C)N1CCCC1COc1cccc(N)c1C#N. The molecule has 1 aliphatic rings. The van der Waals surface area contributed by atoms with E-state index in [1.165, 1.54) is 6.42 Å². The number of anilines is 1. The van der Waals surface area contributed by atoms with Gasteiger partial charge in [0.2, 0.25) is 0 Å². The zero-order valence-electron chi connectivity index (χ0n) is 11.6. The van der Waals surface area contributed by atoms with Gasteiger partial charge in [-0.1, -0.05) is 6.07 Å². The summed E-state index contributed by atoms with van der Waals surface area (Å²) in [4.78, 5) is 2.46. The summed E-state index contributed by atoms with van der Waals surface area (Å²) in [5, 5.41) is 9.11. The lowest BCUT2D eigenvalue weighted by Crippen LogP contribution is -2.39. The number of nitriles is 1. The van der Waals surface area contributed by atoms with E-state index in [4.69, 9.17) is 15.7 Å². The van der Waals surface area contributed by atoms with E-state index in [0.717, 1.165) is 13.0 Å². The van der Waals surface area contributed by atoms with Gasteiger partial charge in [-0.05, 0) is 45.4 Å². The Kier molecular flexibility index (Phi) is 4.28. The van der Waals surface area contributed by atoms with Crippen LogP contribution < -0.4 is 10.5 Å². The second kappa shape index (κ2) is 5.94. The first-order valence-corrected chi connectivity index (χ1v) is 6.80. The van der Waals surface area contributed by atoms with E-state index in [-0.39, 0.29) is 0 Å². The van der Waals surface area contributed by atoms with Crippen molar-refractivity contribution in [1.29, 1.82) is 5.26 Å². The zero-order valence-corrected chi connectivity index (χ0v) is 11.6. The summed E-state index contributed by atoms with van der Waals surface area (Å²) < 4.78 is 5.83. The maximum atomic E-state index is 9.11. The molecule has 0 amide bonds. The van der Waals surface area contributed by atoms with Crippen molar-refractivity contribution < 1.29 is 4.74 Å². The number of rotatable bonds is 4. The lowest BCUT2D eigenvalue weighted by atomic mass is 10.1. The average Bonchev–Trinajstić information content (AvgIpc) is 2.84. The van der Waals surface area contributed by atoms with Crippen LogP contribution in [0.15, 0.2) is 18.2 Å². The summed E-state index contributed by atoms with van der Waals surface area (Å²) in [7, 11) is 0. The molecular weight excluding hydrogens is 238 g/mol. The molecule has 4 heteroatoms. The number of benzene rings is 1. The fourth-order valence-electron chi connectivity index (χ4n) is 2.69. The zero-order chi connectivity index (χ0) is 13.8. The van der Waals surface area contributed by atoms with Crippen LogP contribution in [-0.2, 0) is 0 Å². The van der Waals surface area contributed by atoms with Gasteiger partial charge in [-0.25, -0.2) is 0 Å². The third-order valence-electron chi connectivity index (χ3n) is 3.69. The van der Waals surface area contributed by atoms with Crippen LogP contribution in [0.25, 0.3) is 0 Å². The molecule has 0 radical (unpaired) electrons. The molecule has 19 heavy (non-hydrogen) atoms. The number of nitrogen functional groups attached to an aromatic ring is 1. The number of ether oxygens (including phenoxy) is 1. The molecule has 1 aromatic rings. The predicted molar refractivity (Wildman–Crippen MR) is 75.9 cm³/mol. The molecule has 0 spiro atoms. The van der Waals surface area contributed by atoms with E-state index in [9.17, 15) is 0 Å². The third kappa shape index (κ3) is 2.99. The summed E-state index contributed by atoms with van der Waals surface area (Å²) in [5.41, 5.74) is 6.70. The molecule has 0 saturated carbocycles. The summed E-state index contributed by atoms with van der Waals surface area (Å²) in [5.74, 6) is 0.595. The van der Waals surface area contributed by atoms with Crippen molar-refractivity contribution in [3.63, 3.8) is 0 Å². The molecule has 1 aliphatic heterocycles. The Morgan fingerprint density at radius 1 is 1.53 bits per heavy atom. The number of likely N-dealkylation sites (tertiary alicyclic amines) is 1. The van der Waals surface area contributed by atoms with Gasteiger partial charge in [0.05, 0.1) is 5.69 Å². The number of hydrogen-bond acceptors (Lipinski definition) is 4. The van der Waals surface area contributed by atoms with Crippen LogP contribution in [0, 0.1) is 11.3 Å². The van der Waals surface area contributed by atoms with Gasteiger partial charge >= 0.3 is 0 Å². The highest BCUT2D eigenvalue weighted by atomic mass is 16.5. The van der Waals surface area contributed by atoms with Crippen LogP contribution in [0.2, 0.25) is 0 Å². The molecule has 1 saturated heterocycles. The molecule has 0 aliphatic carbocycles. The van der Waals surface area contributed by atoms with Crippen molar-refractivity contribution in [3.05, 3.63) is 23.8 Å². The summed E-state index contributed by atoms with van der Waals surface area (Å²) >= 11 is 0.